The van der Waals surface area contributed by atoms with Gasteiger partial charge in [0, 0.05) is 31.9 Å². The third-order valence-electron chi connectivity index (χ3n) is 7.88. The predicted molar refractivity (Wildman–Crippen MR) is 149 cm³/mol. The molecule has 1 saturated carbocycles. The van der Waals surface area contributed by atoms with Crippen molar-refractivity contribution in [3.63, 3.8) is 0 Å². The van der Waals surface area contributed by atoms with Gasteiger partial charge < -0.3 is 4.90 Å². The van der Waals surface area contributed by atoms with Crippen LogP contribution in [0.5, 0.6) is 0 Å². The monoisotopic (exact) mass is 530 g/mol. The highest BCUT2D eigenvalue weighted by atomic mass is 32.2. The summed E-state index contributed by atoms with van der Waals surface area (Å²) in [5.41, 5.74) is 4.76. The lowest BCUT2D eigenvalue weighted by Gasteiger charge is -2.35. The number of piperazine rings is 1. The molecule has 38 heavy (non-hydrogen) atoms. The molecule has 0 amide bonds. The van der Waals surface area contributed by atoms with E-state index < -0.39 is 10.0 Å². The summed E-state index contributed by atoms with van der Waals surface area (Å²) < 4.78 is 30.4. The van der Waals surface area contributed by atoms with Crippen LogP contribution in [0.4, 0.5) is 5.82 Å². The normalized spacial score (nSPS) is 17.8. The van der Waals surface area contributed by atoms with Gasteiger partial charge in [0.1, 0.15) is 0 Å². The molecule has 0 radical (unpaired) electrons. The zero-order chi connectivity index (χ0) is 26.3. The van der Waals surface area contributed by atoms with E-state index in [2.05, 4.69) is 10.00 Å². The van der Waals surface area contributed by atoms with Gasteiger partial charge in [-0.1, -0.05) is 43.5 Å². The Morgan fingerprint density at radius 3 is 2.03 bits per heavy atom. The molecule has 0 N–H and O–H groups in total. The van der Waals surface area contributed by atoms with E-state index in [4.69, 9.17) is 9.97 Å². The summed E-state index contributed by atoms with van der Waals surface area (Å²) in [5.74, 6) is 1.95. The van der Waals surface area contributed by atoms with Crippen LogP contribution in [0.2, 0.25) is 0 Å². The van der Waals surface area contributed by atoms with Crippen molar-refractivity contribution in [3.05, 3.63) is 71.5 Å². The van der Waals surface area contributed by atoms with Crippen LogP contribution in [0.1, 0.15) is 55.0 Å². The van der Waals surface area contributed by atoms with Crippen molar-refractivity contribution in [1.29, 1.82) is 0 Å². The first-order valence-electron chi connectivity index (χ1n) is 13.6. The Hall–Kier alpha value is -3.30. The van der Waals surface area contributed by atoms with Crippen LogP contribution in [0.15, 0.2) is 59.5 Å². The van der Waals surface area contributed by atoms with E-state index in [1.807, 2.05) is 61.0 Å². The van der Waals surface area contributed by atoms with E-state index in [1.165, 1.54) is 37.7 Å². The first-order chi connectivity index (χ1) is 18.4. The first kappa shape index (κ1) is 25.0. The largest absolute Gasteiger partial charge is 0.351 e. The highest BCUT2D eigenvalue weighted by molar-refractivity contribution is 7.89. The molecule has 0 unspecified atom stereocenters. The number of aromatic nitrogens is 4. The molecule has 2 aliphatic rings. The van der Waals surface area contributed by atoms with Gasteiger partial charge in [-0.2, -0.15) is 9.40 Å². The smallest absolute Gasteiger partial charge is 0.243 e. The zero-order valence-electron chi connectivity index (χ0n) is 22.0. The number of aryl methyl sites for hydroxylation is 2. The van der Waals surface area contributed by atoms with E-state index in [9.17, 15) is 8.42 Å². The van der Waals surface area contributed by atoms with Gasteiger partial charge in [-0.25, -0.2) is 23.1 Å². The van der Waals surface area contributed by atoms with Gasteiger partial charge in [-0.3, -0.25) is 0 Å². The maximum Gasteiger partial charge on any atom is 0.243 e. The number of para-hydroxylation sites is 2. The number of sulfonamides is 1. The zero-order valence-corrected chi connectivity index (χ0v) is 22.9. The highest BCUT2D eigenvalue weighted by Gasteiger charge is 2.31. The minimum absolute atomic E-state index is 0.374. The van der Waals surface area contributed by atoms with Crippen LogP contribution in [0.25, 0.3) is 16.9 Å². The molecule has 2 fully saturated rings. The molecule has 2 aromatic carbocycles. The predicted octanol–water partition coefficient (Wildman–Crippen LogP) is 4.99. The van der Waals surface area contributed by atoms with E-state index in [0.717, 1.165) is 28.2 Å². The van der Waals surface area contributed by atoms with E-state index >= 15 is 0 Å². The van der Waals surface area contributed by atoms with Crippen molar-refractivity contribution in [1.82, 2.24) is 24.1 Å². The minimum Gasteiger partial charge on any atom is -0.351 e. The molecule has 4 aromatic rings. The average molecular weight is 531 g/mol. The molecular formula is C29H34N6O2S. The molecule has 9 heteroatoms. The maximum atomic E-state index is 13.5. The van der Waals surface area contributed by atoms with Crippen LogP contribution in [-0.2, 0) is 10.0 Å². The van der Waals surface area contributed by atoms with Gasteiger partial charge >= 0.3 is 0 Å². The van der Waals surface area contributed by atoms with E-state index in [0.29, 0.717) is 42.8 Å². The molecule has 0 spiro atoms. The number of fused-ring (bicyclic) bond motifs is 1. The third-order valence-corrected chi connectivity index (χ3v) is 9.79. The summed E-state index contributed by atoms with van der Waals surface area (Å²) in [7, 11) is -3.56. The van der Waals surface area contributed by atoms with Crippen LogP contribution in [-0.4, -0.2) is 58.7 Å². The van der Waals surface area contributed by atoms with Crippen molar-refractivity contribution < 1.29 is 8.42 Å². The number of hydrogen-bond acceptors (Lipinski definition) is 6. The Kier molecular flexibility index (Phi) is 6.65. The second-order valence-electron chi connectivity index (χ2n) is 10.5. The van der Waals surface area contributed by atoms with Crippen LogP contribution in [0.3, 0.4) is 0 Å². The molecule has 2 aromatic heterocycles. The van der Waals surface area contributed by atoms with Crippen molar-refractivity contribution in [2.24, 2.45) is 0 Å². The summed E-state index contributed by atoms with van der Waals surface area (Å²) in [5, 5.41) is 4.66. The second-order valence-corrected chi connectivity index (χ2v) is 12.4. The van der Waals surface area contributed by atoms with Crippen LogP contribution < -0.4 is 4.90 Å². The summed E-state index contributed by atoms with van der Waals surface area (Å²) in [6.07, 6.45) is 6.23. The number of rotatable bonds is 5. The molecule has 0 bridgehead atoms. The van der Waals surface area contributed by atoms with E-state index in [-0.39, 0.29) is 0 Å². The number of benzene rings is 2. The molecule has 0 atom stereocenters. The van der Waals surface area contributed by atoms with Crippen LogP contribution in [0, 0.1) is 13.8 Å². The summed E-state index contributed by atoms with van der Waals surface area (Å²) >= 11 is 0. The van der Waals surface area contributed by atoms with Crippen molar-refractivity contribution in [2.75, 3.05) is 31.1 Å². The van der Waals surface area contributed by atoms with Gasteiger partial charge in [0.15, 0.2) is 11.6 Å². The fourth-order valence-electron chi connectivity index (χ4n) is 5.82. The Bertz CT molecular complexity index is 1550. The first-order valence-corrected chi connectivity index (χ1v) is 15.0. The number of anilines is 1. The van der Waals surface area contributed by atoms with Crippen molar-refractivity contribution in [3.8, 4) is 5.82 Å². The molecule has 6 rings (SSSR count). The number of hydrogen-bond donors (Lipinski definition) is 0. The molecular weight excluding hydrogens is 496 g/mol. The van der Waals surface area contributed by atoms with E-state index in [1.54, 1.807) is 16.4 Å². The maximum absolute atomic E-state index is 13.5. The van der Waals surface area contributed by atoms with Crippen LogP contribution >= 0.6 is 0 Å². The molecule has 198 valence electrons. The molecule has 3 heterocycles. The Morgan fingerprint density at radius 2 is 1.42 bits per heavy atom. The summed E-state index contributed by atoms with van der Waals surface area (Å²) in [4.78, 5) is 12.4. The van der Waals surface area contributed by atoms with Gasteiger partial charge in [0.25, 0.3) is 0 Å². The lowest BCUT2D eigenvalue weighted by molar-refractivity contribution is 0.383. The summed E-state index contributed by atoms with van der Waals surface area (Å²) in [6.45, 7) is 5.79. The fraction of sp³-hybridized carbons (Fsp3) is 0.414. The minimum atomic E-state index is -3.56. The average Bonchev–Trinajstić information content (AvgIpc) is 3.30. The SMILES string of the molecule is Cc1cc(C)n(-c2nc3ccccc3nc2N2CCN(S(=O)(=O)c3ccc(C4CCCCC4)cc3)CC2)n1. The molecule has 1 aliphatic carbocycles. The van der Waals surface area contributed by atoms with Gasteiger partial charge in [0.2, 0.25) is 10.0 Å². The number of nitrogens with zero attached hydrogens (tertiary/aromatic N) is 6. The van der Waals surface area contributed by atoms with Crippen molar-refractivity contribution in [2.45, 2.75) is 56.8 Å². The summed E-state index contributed by atoms with van der Waals surface area (Å²) in [6, 6.07) is 17.4. The van der Waals surface area contributed by atoms with Gasteiger partial charge in [-0.15, -0.1) is 0 Å². The lowest BCUT2D eigenvalue weighted by Crippen LogP contribution is -2.49. The topological polar surface area (TPSA) is 84.2 Å². The third kappa shape index (κ3) is 4.69. The molecule has 1 aliphatic heterocycles. The lowest BCUT2D eigenvalue weighted by atomic mass is 9.84. The van der Waals surface area contributed by atoms with Gasteiger partial charge in [-0.05, 0) is 68.5 Å². The van der Waals surface area contributed by atoms with Crippen molar-refractivity contribution >= 4 is 26.9 Å². The van der Waals surface area contributed by atoms with Gasteiger partial charge in [0.05, 0.1) is 21.6 Å². The highest BCUT2D eigenvalue weighted by Crippen LogP contribution is 2.33. The second kappa shape index (κ2) is 10.1. The Labute approximate surface area is 224 Å². The fourth-order valence-corrected chi connectivity index (χ4v) is 7.24. The quantitative estimate of drug-likeness (QED) is 0.361. The standard InChI is InChI=1S/C29H34N6O2S/c1-21-20-22(2)35(32-21)29-28(30-26-10-6-7-11-27(26)31-29)33-16-18-34(19-17-33)38(36,37)25-14-12-24(13-15-25)23-8-4-3-5-9-23/h6-7,10-15,20,23H,3-5,8-9,16-19H2,1-2H3. The Balaban J connectivity index is 1.24. The molecule has 1 saturated heterocycles. The molecule has 8 nitrogen and oxygen atoms in total. The Morgan fingerprint density at radius 1 is 0.789 bits per heavy atom.